The molecule has 27 heavy (non-hydrogen) atoms. The third-order valence-electron chi connectivity index (χ3n) is 4.15. The molecule has 0 unspecified atom stereocenters. The van der Waals surface area contributed by atoms with Crippen LogP contribution in [0.25, 0.3) is 0 Å². The number of hydrogen-bond acceptors (Lipinski definition) is 5. The largest absolute Gasteiger partial charge is 0.444 e. The van der Waals surface area contributed by atoms with E-state index in [1.165, 1.54) is 0 Å². The van der Waals surface area contributed by atoms with Gasteiger partial charge >= 0.3 is 6.09 Å². The van der Waals surface area contributed by atoms with Crippen LogP contribution in [0.5, 0.6) is 0 Å². The number of ether oxygens (including phenoxy) is 1. The number of nitrogens with two attached hydrogens (primary N) is 1. The maximum absolute atomic E-state index is 12.2. The number of benzene rings is 1. The van der Waals surface area contributed by atoms with Crippen LogP contribution in [0.3, 0.4) is 0 Å². The number of rotatable bonds is 3. The van der Waals surface area contributed by atoms with E-state index in [9.17, 15) is 4.79 Å². The van der Waals surface area contributed by atoms with Gasteiger partial charge in [0.15, 0.2) is 0 Å². The van der Waals surface area contributed by atoms with E-state index in [1.807, 2.05) is 56.5 Å². The number of carbonyl (C=O) groups excluding carboxylic acids is 1. The van der Waals surface area contributed by atoms with Crippen LogP contribution in [0.4, 0.5) is 16.2 Å². The fourth-order valence-electron chi connectivity index (χ4n) is 2.85. The predicted molar refractivity (Wildman–Crippen MR) is 111 cm³/mol. The Morgan fingerprint density at radius 1 is 1.15 bits per heavy atom. The molecule has 0 atom stereocenters. The van der Waals surface area contributed by atoms with Crippen molar-refractivity contribution in [2.75, 3.05) is 31.1 Å². The van der Waals surface area contributed by atoms with E-state index in [4.69, 9.17) is 10.5 Å². The number of aliphatic imine (C=N–C) groups is 1. The molecule has 1 aromatic heterocycles. The molecule has 144 valence electrons. The zero-order chi connectivity index (χ0) is 19.4. The fraction of sp³-hybridized carbons (Fsp3) is 0.400. The smallest absolute Gasteiger partial charge is 0.410 e. The molecule has 2 heterocycles. The van der Waals surface area contributed by atoms with Gasteiger partial charge in [-0.3, -0.25) is 0 Å². The SMILES string of the molecule is CC(C)(C)OC(=O)N1CCN(c2cccc(/N=C(\N)c3cccs3)c2)CC1. The minimum atomic E-state index is -0.469. The first-order valence-corrected chi connectivity index (χ1v) is 9.91. The Hall–Kier alpha value is -2.54. The van der Waals surface area contributed by atoms with E-state index in [0.29, 0.717) is 18.9 Å². The standard InChI is InChI=1S/C20H26N4O2S/c1-20(2,3)26-19(25)24-11-9-23(10-12-24)16-7-4-6-15(14-16)22-18(21)17-8-5-13-27-17/h4-8,13-14H,9-12H2,1-3H3,(H2,21,22). The summed E-state index contributed by atoms with van der Waals surface area (Å²) in [6.45, 7) is 8.44. The third-order valence-corrected chi connectivity index (χ3v) is 5.04. The molecule has 2 N–H and O–H groups in total. The highest BCUT2D eigenvalue weighted by Gasteiger charge is 2.25. The number of piperazine rings is 1. The molecule has 0 bridgehead atoms. The van der Waals surface area contributed by atoms with Gasteiger partial charge in [0, 0.05) is 31.9 Å². The van der Waals surface area contributed by atoms with Gasteiger partial charge in [0.1, 0.15) is 11.4 Å². The van der Waals surface area contributed by atoms with Crippen LogP contribution in [0, 0.1) is 0 Å². The van der Waals surface area contributed by atoms with Crippen molar-refractivity contribution >= 4 is 34.6 Å². The number of nitrogens with zero attached hydrogens (tertiary/aromatic N) is 3. The van der Waals surface area contributed by atoms with Crippen molar-refractivity contribution < 1.29 is 9.53 Å². The van der Waals surface area contributed by atoms with Crippen LogP contribution in [-0.4, -0.2) is 48.6 Å². The summed E-state index contributed by atoms with van der Waals surface area (Å²) < 4.78 is 5.45. The summed E-state index contributed by atoms with van der Waals surface area (Å²) in [4.78, 5) is 21.7. The molecule has 2 aromatic rings. The maximum atomic E-state index is 12.2. The lowest BCUT2D eigenvalue weighted by Gasteiger charge is -2.36. The predicted octanol–water partition coefficient (Wildman–Crippen LogP) is 3.84. The summed E-state index contributed by atoms with van der Waals surface area (Å²) in [6.07, 6.45) is -0.246. The first-order valence-electron chi connectivity index (χ1n) is 9.03. The molecule has 1 fully saturated rings. The normalized spacial score (nSPS) is 15.7. The van der Waals surface area contributed by atoms with Gasteiger partial charge in [-0.2, -0.15) is 0 Å². The second-order valence-electron chi connectivity index (χ2n) is 7.45. The molecule has 1 saturated heterocycles. The van der Waals surface area contributed by atoms with E-state index in [-0.39, 0.29) is 6.09 Å². The van der Waals surface area contributed by atoms with Gasteiger partial charge in [-0.25, -0.2) is 9.79 Å². The number of thiophene rings is 1. The summed E-state index contributed by atoms with van der Waals surface area (Å²) in [7, 11) is 0. The van der Waals surface area contributed by atoms with Crippen molar-refractivity contribution in [1.82, 2.24) is 4.90 Å². The monoisotopic (exact) mass is 386 g/mol. The summed E-state index contributed by atoms with van der Waals surface area (Å²) in [5.41, 5.74) is 7.53. The number of carbonyl (C=O) groups is 1. The average molecular weight is 387 g/mol. The van der Waals surface area contributed by atoms with Crippen molar-refractivity contribution in [2.24, 2.45) is 10.7 Å². The molecule has 1 aliphatic rings. The van der Waals surface area contributed by atoms with Crippen molar-refractivity contribution in [3.63, 3.8) is 0 Å². The van der Waals surface area contributed by atoms with Gasteiger partial charge in [-0.05, 0) is 50.4 Å². The van der Waals surface area contributed by atoms with Crippen LogP contribution in [-0.2, 0) is 4.74 Å². The van der Waals surface area contributed by atoms with Crippen LogP contribution in [0.15, 0.2) is 46.8 Å². The van der Waals surface area contributed by atoms with Crippen molar-refractivity contribution in [3.8, 4) is 0 Å². The van der Waals surface area contributed by atoms with Crippen LogP contribution >= 0.6 is 11.3 Å². The molecule has 3 rings (SSSR count). The highest BCUT2D eigenvalue weighted by atomic mass is 32.1. The van der Waals surface area contributed by atoms with Crippen molar-refractivity contribution in [3.05, 3.63) is 46.7 Å². The second kappa shape index (κ2) is 8.00. The maximum Gasteiger partial charge on any atom is 0.410 e. The Balaban J connectivity index is 1.63. The quantitative estimate of drug-likeness (QED) is 0.643. The Labute approximate surface area is 164 Å². The minimum absolute atomic E-state index is 0.246. The Morgan fingerprint density at radius 2 is 1.89 bits per heavy atom. The Kier molecular flexibility index (Phi) is 5.70. The lowest BCUT2D eigenvalue weighted by atomic mass is 10.2. The lowest BCUT2D eigenvalue weighted by Crippen LogP contribution is -2.50. The molecule has 7 heteroatoms. The summed E-state index contributed by atoms with van der Waals surface area (Å²) in [5, 5.41) is 1.98. The Bertz CT molecular complexity index is 804. The minimum Gasteiger partial charge on any atom is -0.444 e. The molecule has 1 aliphatic heterocycles. The first-order chi connectivity index (χ1) is 12.8. The first kappa shape index (κ1) is 19.2. The average Bonchev–Trinajstić information content (AvgIpc) is 3.15. The van der Waals surface area contributed by atoms with Gasteiger partial charge in [-0.15, -0.1) is 11.3 Å². The topological polar surface area (TPSA) is 71.2 Å². The fourth-order valence-corrected chi connectivity index (χ4v) is 3.48. The molecule has 0 radical (unpaired) electrons. The zero-order valence-corrected chi connectivity index (χ0v) is 16.8. The van der Waals surface area contributed by atoms with Crippen LogP contribution in [0.2, 0.25) is 0 Å². The van der Waals surface area contributed by atoms with Gasteiger partial charge in [0.05, 0.1) is 10.6 Å². The molecular formula is C20H26N4O2S. The highest BCUT2D eigenvalue weighted by Crippen LogP contribution is 2.24. The summed E-state index contributed by atoms with van der Waals surface area (Å²) in [6, 6.07) is 11.9. The molecule has 0 aliphatic carbocycles. The van der Waals surface area contributed by atoms with E-state index in [2.05, 4.69) is 16.0 Å². The lowest BCUT2D eigenvalue weighted by molar-refractivity contribution is 0.0240. The zero-order valence-electron chi connectivity index (χ0n) is 16.0. The molecule has 1 aromatic carbocycles. The molecular weight excluding hydrogens is 360 g/mol. The van der Waals surface area contributed by atoms with E-state index >= 15 is 0 Å². The van der Waals surface area contributed by atoms with Gasteiger partial charge in [0.2, 0.25) is 0 Å². The molecule has 6 nitrogen and oxygen atoms in total. The summed E-state index contributed by atoms with van der Waals surface area (Å²) in [5.74, 6) is 0.525. The number of anilines is 1. The molecule has 1 amide bonds. The third kappa shape index (κ3) is 5.23. The van der Waals surface area contributed by atoms with Crippen molar-refractivity contribution in [1.29, 1.82) is 0 Å². The van der Waals surface area contributed by atoms with Gasteiger partial charge in [0.25, 0.3) is 0 Å². The van der Waals surface area contributed by atoms with E-state index < -0.39 is 5.60 Å². The number of amides is 1. The van der Waals surface area contributed by atoms with Gasteiger partial charge in [-0.1, -0.05) is 12.1 Å². The van der Waals surface area contributed by atoms with E-state index in [0.717, 1.165) is 29.3 Å². The van der Waals surface area contributed by atoms with Crippen LogP contribution < -0.4 is 10.6 Å². The Morgan fingerprint density at radius 3 is 2.52 bits per heavy atom. The van der Waals surface area contributed by atoms with Crippen LogP contribution in [0.1, 0.15) is 25.6 Å². The highest BCUT2D eigenvalue weighted by molar-refractivity contribution is 7.12. The van der Waals surface area contributed by atoms with Gasteiger partial charge < -0.3 is 20.3 Å². The number of hydrogen-bond donors (Lipinski definition) is 1. The summed E-state index contributed by atoms with van der Waals surface area (Å²) >= 11 is 1.57. The second-order valence-corrected chi connectivity index (χ2v) is 8.40. The van der Waals surface area contributed by atoms with Crippen molar-refractivity contribution in [2.45, 2.75) is 26.4 Å². The van der Waals surface area contributed by atoms with E-state index in [1.54, 1.807) is 16.2 Å². The number of amidine groups is 1. The molecule has 0 saturated carbocycles. The molecule has 0 spiro atoms.